The van der Waals surface area contributed by atoms with Gasteiger partial charge in [-0.1, -0.05) is 121 Å². The molecule has 0 saturated heterocycles. The smallest absolute Gasteiger partial charge is 0.109 e. The fraction of sp³-hybridized carbons (Fsp3) is 0.688. The third-order valence-electron chi connectivity index (χ3n) is 9.53. The maximum atomic E-state index is 15.8. The molecule has 0 spiro atoms. The van der Waals surface area contributed by atoms with Crippen molar-refractivity contribution in [2.45, 2.75) is 110 Å². The van der Waals surface area contributed by atoms with Gasteiger partial charge in [-0.2, -0.15) is 0 Å². The molecule has 3 aliphatic carbocycles. The molecule has 1 unspecified atom stereocenters. The molecule has 0 nitrogen and oxygen atoms in total. The lowest BCUT2D eigenvalue weighted by Gasteiger charge is -2.50. The number of hydrogen-bond acceptors (Lipinski definition) is 0. The van der Waals surface area contributed by atoms with Crippen LogP contribution in [0.3, 0.4) is 0 Å². The lowest BCUT2D eigenvalue weighted by atomic mass is 9.54. The van der Waals surface area contributed by atoms with Crippen molar-refractivity contribution >= 4 is 5.57 Å². The molecule has 0 heterocycles. The van der Waals surface area contributed by atoms with Gasteiger partial charge < -0.3 is 0 Å². The number of unbranched alkanes of at least 4 members (excludes halogenated alkanes) is 2. The molecule has 2 saturated carbocycles. The summed E-state index contributed by atoms with van der Waals surface area (Å²) in [5, 5.41) is 0. The van der Waals surface area contributed by atoms with Gasteiger partial charge in [-0.25, -0.2) is 4.39 Å². The van der Waals surface area contributed by atoms with E-state index in [4.69, 9.17) is 0 Å². The second-order valence-electron chi connectivity index (χ2n) is 11.5. The highest BCUT2D eigenvalue weighted by Crippen LogP contribution is 2.57. The van der Waals surface area contributed by atoms with Crippen LogP contribution in [0.4, 0.5) is 4.39 Å². The van der Waals surface area contributed by atoms with Crippen LogP contribution < -0.4 is 0 Å². The minimum Gasteiger partial charge on any atom is -0.211 e. The summed E-state index contributed by atoms with van der Waals surface area (Å²) in [7, 11) is 0. The molecule has 1 atom stereocenters. The molecule has 3 aliphatic rings. The van der Waals surface area contributed by atoms with Gasteiger partial charge in [0.25, 0.3) is 0 Å². The molecule has 2 fully saturated rings. The summed E-state index contributed by atoms with van der Waals surface area (Å²) in [4.78, 5) is 0. The first-order valence-corrected chi connectivity index (χ1v) is 14.3. The van der Waals surface area contributed by atoms with E-state index < -0.39 is 0 Å². The highest BCUT2D eigenvalue weighted by Gasteiger charge is 2.47. The highest BCUT2D eigenvalue weighted by molar-refractivity contribution is 5.77. The molecular formula is C32H47F. The average molecular weight is 451 g/mol. The van der Waals surface area contributed by atoms with Crippen molar-refractivity contribution in [1.29, 1.82) is 0 Å². The largest absolute Gasteiger partial charge is 0.211 e. The Morgan fingerprint density at radius 1 is 0.758 bits per heavy atom. The summed E-state index contributed by atoms with van der Waals surface area (Å²) < 4.78 is 15.8. The molecule has 0 bridgehead atoms. The van der Waals surface area contributed by atoms with E-state index >= 15 is 4.39 Å². The minimum atomic E-state index is 0.0495. The zero-order valence-corrected chi connectivity index (χ0v) is 21.3. The molecule has 0 aromatic heterocycles. The summed E-state index contributed by atoms with van der Waals surface area (Å²) in [6.45, 7) is 4.62. The summed E-state index contributed by atoms with van der Waals surface area (Å²) in [6.07, 6.45) is 24.2. The minimum absolute atomic E-state index is 0.0495. The molecule has 182 valence electrons. The van der Waals surface area contributed by atoms with Gasteiger partial charge in [0.05, 0.1) is 0 Å². The van der Waals surface area contributed by atoms with Crippen molar-refractivity contribution in [1.82, 2.24) is 0 Å². The van der Waals surface area contributed by atoms with Gasteiger partial charge in [-0.05, 0) is 54.9 Å². The van der Waals surface area contributed by atoms with Crippen LogP contribution in [0.25, 0.3) is 5.57 Å². The van der Waals surface area contributed by atoms with E-state index in [1.54, 1.807) is 0 Å². The average Bonchev–Trinajstić information content (AvgIpc) is 2.86. The number of benzene rings is 1. The van der Waals surface area contributed by atoms with Crippen molar-refractivity contribution in [2.24, 2.45) is 29.1 Å². The number of hydrogen-bond donors (Lipinski definition) is 0. The number of halogens is 1. The fourth-order valence-corrected chi connectivity index (χ4v) is 7.59. The molecule has 0 amide bonds. The molecule has 0 N–H and O–H groups in total. The topological polar surface area (TPSA) is 0 Å². The maximum absolute atomic E-state index is 15.8. The van der Waals surface area contributed by atoms with Crippen molar-refractivity contribution in [3.8, 4) is 0 Å². The predicted molar refractivity (Wildman–Crippen MR) is 141 cm³/mol. The van der Waals surface area contributed by atoms with Gasteiger partial charge in [0.15, 0.2) is 0 Å². The zero-order chi connectivity index (χ0) is 23.1. The van der Waals surface area contributed by atoms with Crippen LogP contribution in [0.5, 0.6) is 0 Å². The lowest BCUT2D eigenvalue weighted by molar-refractivity contribution is 0.0409. The van der Waals surface area contributed by atoms with Crippen LogP contribution in [-0.4, -0.2) is 0 Å². The molecule has 4 rings (SSSR count). The number of rotatable bonds is 9. The van der Waals surface area contributed by atoms with Gasteiger partial charge in [0.1, 0.15) is 5.83 Å². The summed E-state index contributed by atoms with van der Waals surface area (Å²) >= 11 is 0. The van der Waals surface area contributed by atoms with Crippen molar-refractivity contribution in [3.05, 3.63) is 53.9 Å². The quantitative estimate of drug-likeness (QED) is 0.328. The van der Waals surface area contributed by atoms with E-state index in [1.807, 2.05) is 18.2 Å². The van der Waals surface area contributed by atoms with Gasteiger partial charge >= 0.3 is 0 Å². The Kier molecular flexibility index (Phi) is 8.89. The highest BCUT2D eigenvalue weighted by atomic mass is 19.1. The van der Waals surface area contributed by atoms with Crippen LogP contribution in [0.1, 0.15) is 116 Å². The fourth-order valence-electron chi connectivity index (χ4n) is 7.59. The Morgan fingerprint density at radius 3 is 1.91 bits per heavy atom. The summed E-state index contributed by atoms with van der Waals surface area (Å²) in [6, 6.07) is 10.2. The SMILES string of the molecule is CCCCCC1CCC(C2(C3CCC(CCC)CC3)C=CC(c3ccccc3)=C(F)C2)CC1. The molecule has 0 radical (unpaired) electrons. The lowest BCUT2D eigenvalue weighted by Crippen LogP contribution is -2.41. The Labute approximate surface area is 203 Å². The first-order chi connectivity index (χ1) is 16.2. The van der Waals surface area contributed by atoms with E-state index in [-0.39, 0.29) is 11.2 Å². The van der Waals surface area contributed by atoms with E-state index in [9.17, 15) is 0 Å². The Morgan fingerprint density at radius 2 is 1.36 bits per heavy atom. The molecule has 1 aromatic rings. The molecule has 0 aliphatic heterocycles. The van der Waals surface area contributed by atoms with Gasteiger partial charge in [-0.3, -0.25) is 0 Å². The van der Waals surface area contributed by atoms with Gasteiger partial charge in [0.2, 0.25) is 0 Å². The Hall–Kier alpha value is -1.37. The van der Waals surface area contributed by atoms with Crippen LogP contribution in [0, 0.1) is 29.1 Å². The monoisotopic (exact) mass is 450 g/mol. The van der Waals surface area contributed by atoms with Gasteiger partial charge in [-0.15, -0.1) is 0 Å². The van der Waals surface area contributed by atoms with Gasteiger partial charge in [0, 0.05) is 17.4 Å². The van der Waals surface area contributed by atoms with Crippen molar-refractivity contribution in [2.75, 3.05) is 0 Å². The van der Waals surface area contributed by atoms with E-state index in [2.05, 4.69) is 38.1 Å². The van der Waals surface area contributed by atoms with E-state index in [1.165, 1.54) is 89.9 Å². The molecule has 1 heteroatoms. The second-order valence-corrected chi connectivity index (χ2v) is 11.5. The van der Waals surface area contributed by atoms with E-state index in [0.29, 0.717) is 18.3 Å². The molecule has 33 heavy (non-hydrogen) atoms. The third kappa shape index (κ3) is 5.83. The van der Waals surface area contributed by atoms with E-state index in [0.717, 1.165) is 23.0 Å². The Bertz CT molecular complexity index is 774. The Balaban J connectivity index is 1.51. The zero-order valence-electron chi connectivity index (χ0n) is 21.3. The predicted octanol–water partition coefficient (Wildman–Crippen LogP) is 10.3. The van der Waals surface area contributed by atoms with Crippen molar-refractivity contribution < 1.29 is 4.39 Å². The maximum Gasteiger partial charge on any atom is 0.109 e. The first kappa shape index (κ1) is 24.7. The number of allylic oxidation sites excluding steroid dienone is 4. The second kappa shape index (κ2) is 11.9. The molecular weight excluding hydrogens is 403 g/mol. The molecule has 1 aromatic carbocycles. The van der Waals surface area contributed by atoms with Crippen LogP contribution in [0.15, 0.2) is 48.3 Å². The third-order valence-corrected chi connectivity index (χ3v) is 9.53. The summed E-state index contributed by atoms with van der Waals surface area (Å²) in [5.41, 5.74) is 1.92. The summed E-state index contributed by atoms with van der Waals surface area (Å²) in [5.74, 6) is 3.28. The van der Waals surface area contributed by atoms with Crippen LogP contribution >= 0.6 is 0 Å². The van der Waals surface area contributed by atoms with Crippen LogP contribution in [-0.2, 0) is 0 Å². The van der Waals surface area contributed by atoms with Crippen molar-refractivity contribution in [3.63, 3.8) is 0 Å². The first-order valence-electron chi connectivity index (χ1n) is 14.3. The van der Waals surface area contributed by atoms with Crippen LogP contribution in [0.2, 0.25) is 0 Å². The normalized spacial score (nSPS) is 32.8. The standard InChI is InChI=1S/C32H47F/c1-3-5-7-11-26-16-20-29(21-17-26)32(28-18-14-25(10-4-2)15-19-28)23-22-30(31(33)24-32)27-12-8-6-9-13-27/h6,8-9,12-13,22-23,25-26,28-29H,3-5,7,10-11,14-21,24H2,1-2H3.